The molecule has 56 heavy (non-hydrogen) atoms. The van der Waals surface area contributed by atoms with Crippen molar-refractivity contribution in [2.45, 2.75) is 96.8 Å². The average Bonchev–Trinajstić information content (AvgIpc) is 3.56. The van der Waals surface area contributed by atoms with Gasteiger partial charge in [0.2, 0.25) is 0 Å². The van der Waals surface area contributed by atoms with Crippen molar-refractivity contribution < 1.29 is 60.7 Å². The molecular weight excluding hydrogens is 836 g/mol. The molecule has 0 aromatic heterocycles. The number of para-hydroxylation sites is 3. The zero-order chi connectivity index (χ0) is 39.0. The number of benzene rings is 4. The third kappa shape index (κ3) is 8.58. The van der Waals surface area contributed by atoms with Crippen LogP contribution in [0.5, 0.6) is 5.75 Å². The van der Waals surface area contributed by atoms with Crippen LogP contribution in [0.2, 0.25) is 0 Å². The molecule has 0 saturated carbocycles. The van der Waals surface area contributed by atoms with Crippen molar-refractivity contribution in [2.24, 2.45) is 0 Å². The molecule has 4 aromatic carbocycles. The monoisotopic (exact) mass is 887 g/mol. The molecule has 4 aromatic rings. The van der Waals surface area contributed by atoms with Crippen LogP contribution in [-0.4, -0.2) is 45.3 Å². The number of imide groups is 1. The first-order chi connectivity index (χ1) is 25.7. The number of amides is 2. The topological polar surface area (TPSA) is 96.2 Å². The van der Waals surface area contributed by atoms with Gasteiger partial charge in [0.05, 0.1) is 0 Å². The van der Waals surface area contributed by atoms with Crippen molar-refractivity contribution in [1.82, 2.24) is 0 Å². The number of anilines is 3. The molecule has 299 valence electrons. The zero-order valence-electron chi connectivity index (χ0n) is 33.4. The van der Waals surface area contributed by atoms with Gasteiger partial charge in [0, 0.05) is 0 Å². The molecule has 0 spiro atoms. The van der Waals surface area contributed by atoms with E-state index in [9.17, 15) is 19.7 Å². The van der Waals surface area contributed by atoms with Crippen LogP contribution in [0, 0.1) is 10.1 Å². The molecule has 2 aliphatic heterocycles. The Labute approximate surface area is 350 Å². The number of nitro groups is 1. The summed E-state index contributed by atoms with van der Waals surface area (Å²) in [4.78, 5) is 44.6. The Morgan fingerprint density at radius 2 is 1.20 bits per heavy atom. The maximum atomic E-state index is 13.9. The largest absolute Gasteiger partial charge is 1.00 e. The minimum atomic E-state index is -0.901. The first-order valence-electron chi connectivity index (χ1n) is 18.8. The van der Waals surface area contributed by atoms with Gasteiger partial charge in [0.1, 0.15) is 0 Å². The number of halogens is 2. The quantitative estimate of drug-likeness (QED) is 0.104. The van der Waals surface area contributed by atoms with Crippen molar-refractivity contribution >= 4 is 39.2 Å². The molecule has 0 radical (unpaired) electrons. The van der Waals surface area contributed by atoms with E-state index in [-0.39, 0.29) is 40.8 Å². The minimum absolute atomic E-state index is 0. The van der Waals surface area contributed by atoms with Crippen molar-refractivity contribution in [3.05, 3.63) is 122 Å². The molecule has 9 nitrogen and oxygen atoms in total. The molecule has 1 atom stereocenters. The number of carbonyl (C=O) groups is 2. The van der Waals surface area contributed by atoms with E-state index in [2.05, 4.69) is 106 Å². The minimum Gasteiger partial charge on any atom is -1.00 e. The van der Waals surface area contributed by atoms with E-state index in [0.717, 1.165) is 23.6 Å². The number of hydrogen-bond acceptors (Lipinski definition) is 7. The molecule has 0 aliphatic carbocycles. The summed E-state index contributed by atoms with van der Waals surface area (Å²) in [7, 11) is 0. The van der Waals surface area contributed by atoms with Crippen LogP contribution in [0.15, 0.2) is 78.9 Å². The van der Waals surface area contributed by atoms with Gasteiger partial charge in [-0.25, -0.2) is 0 Å². The van der Waals surface area contributed by atoms with Crippen LogP contribution < -0.4 is 44.3 Å². The molecule has 2 heterocycles. The van der Waals surface area contributed by atoms with E-state index in [0.29, 0.717) is 35.1 Å². The number of ether oxygens (including phenoxy) is 1. The molecule has 1 unspecified atom stereocenters. The number of carbonyl (C=O) groups excluding carboxylic acids is 2. The second-order valence-electron chi connectivity index (χ2n) is 15.3. The van der Waals surface area contributed by atoms with E-state index in [1.165, 1.54) is 57.9 Å². The first-order valence-corrected chi connectivity index (χ1v) is 20.9. The summed E-state index contributed by atoms with van der Waals surface area (Å²) < 4.78 is 8.64. The number of rotatable bonds is 10. The van der Waals surface area contributed by atoms with Crippen molar-refractivity contribution in [1.29, 1.82) is 0 Å². The number of nitrogens with zero attached hydrogens (tertiary/aromatic N) is 4. The first kappa shape index (κ1) is 44.6. The Balaban J connectivity index is 0.00000348. The second kappa shape index (κ2) is 18.4. The van der Waals surface area contributed by atoms with E-state index >= 15 is 0 Å². The Morgan fingerprint density at radius 1 is 0.750 bits per heavy atom. The van der Waals surface area contributed by atoms with Crippen LogP contribution in [-0.2, 0) is 21.5 Å². The van der Waals surface area contributed by atoms with Crippen molar-refractivity contribution in [3.63, 3.8) is 0 Å². The van der Waals surface area contributed by atoms with Crippen LogP contribution in [0.25, 0.3) is 0 Å². The van der Waals surface area contributed by atoms with Crippen LogP contribution in [0.1, 0.15) is 124 Å². The Kier molecular flexibility index (Phi) is 14.7. The summed E-state index contributed by atoms with van der Waals surface area (Å²) in [6, 6.07) is 24.4. The number of fused-ring (bicyclic) bond motifs is 1. The third-order valence-electron chi connectivity index (χ3n) is 10.3. The summed E-state index contributed by atoms with van der Waals surface area (Å²) in [5.74, 6) is 0.821. The second-order valence-corrected chi connectivity index (χ2v) is 17.3. The number of non-ortho nitro benzene ring substituents is 1. The summed E-state index contributed by atoms with van der Waals surface area (Å²) in [6.07, 6.45) is -0.901. The summed E-state index contributed by atoms with van der Waals surface area (Å²) in [5.41, 5.74) is 9.32. The molecule has 2 aliphatic rings. The molecular formula is C44H51Cl2N4O5Ru. The normalized spacial score (nSPS) is 15.8. The summed E-state index contributed by atoms with van der Waals surface area (Å²) in [5, 5.41) is 11.3. The number of hydrogen-bond donors (Lipinski definition) is 0. The van der Waals surface area contributed by atoms with Crippen molar-refractivity contribution in [2.75, 3.05) is 27.8 Å². The van der Waals surface area contributed by atoms with Gasteiger partial charge in [0.15, 0.2) is 0 Å². The molecule has 1 saturated heterocycles. The Bertz CT molecular complexity index is 1980. The summed E-state index contributed by atoms with van der Waals surface area (Å²) >= 11 is -0.499. The fourth-order valence-corrected chi connectivity index (χ4v) is 9.96. The Hall–Kier alpha value is -4.11. The Morgan fingerprint density at radius 3 is 1.62 bits per heavy atom. The molecule has 0 N–H and O–H groups in total. The van der Waals surface area contributed by atoms with Crippen LogP contribution in [0.3, 0.4) is 0 Å². The molecule has 12 heteroatoms. The van der Waals surface area contributed by atoms with Gasteiger partial charge in [-0.2, -0.15) is 0 Å². The zero-order valence-corrected chi connectivity index (χ0v) is 36.7. The van der Waals surface area contributed by atoms with Gasteiger partial charge >= 0.3 is 328 Å². The molecule has 6 rings (SSSR count). The van der Waals surface area contributed by atoms with E-state index < -0.39 is 39.5 Å². The van der Waals surface area contributed by atoms with Gasteiger partial charge < -0.3 is 24.8 Å². The van der Waals surface area contributed by atoms with E-state index in [1.807, 2.05) is 12.1 Å². The molecule has 1 fully saturated rings. The maximum Gasteiger partial charge on any atom is -1.00 e. The van der Waals surface area contributed by atoms with Crippen molar-refractivity contribution in [3.8, 4) is 5.75 Å². The van der Waals surface area contributed by atoms with E-state index in [4.69, 9.17) is 4.74 Å². The van der Waals surface area contributed by atoms with E-state index in [1.54, 1.807) is 13.0 Å². The third-order valence-corrected chi connectivity index (χ3v) is 12.7. The van der Waals surface area contributed by atoms with Crippen LogP contribution in [0.4, 0.5) is 22.7 Å². The van der Waals surface area contributed by atoms with Crippen LogP contribution >= 0.6 is 0 Å². The fraction of sp³-hybridized carbons (Fsp3) is 0.386. The van der Waals surface area contributed by atoms with Gasteiger partial charge in [-0.1, -0.05) is 0 Å². The average molecular weight is 888 g/mol. The fourth-order valence-electron chi connectivity index (χ4n) is 7.47. The molecule has 2 amide bonds. The molecule has 0 bridgehead atoms. The SMILES string of the molecule is CC1Oc2c(/[CH]=[Ru+2]/[CH]3N(c4c(C(C)C)cccc4C(C)C)CCN3c3c(C(C)C)cccc3C(C)C)cccc2N(C(=O)c2ccc([N+](=O)[O-])cc2)C1=O.[Cl-].[Cl-]. The van der Waals surface area contributed by atoms with Gasteiger partial charge in [-0.05, 0) is 0 Å². The van der Waals surface area contributed by atoms with Gasteiger partial charge in [-0.3, -0.25) is 0 Å². The van der Waals surface area contributed by atoms with Gasteiger partial charge in [-0.15, -0.1) is 0 Å². The maximum absolute atomic E-state index is 13.9. The number of nitro benzene ring substituents is 1. The smallest absolute Gasteiger partial charge is 1.00 e. The predicted octanol–water partition coefficient (Wildman–Crippen LogP) is 3.59. The predicted molar refractivity (Wildman–Crippen MR) is 214 cm³/mol. The summed E-state index contributed by atoms with van der Waals surface area (Å²) in [6.45, 7) is 21.6. The standard InChI is InChI=1S/C27H39N2.C17H12N2O5.2ClH.Ru/c1-18(2)22-11-9-12-23(19(3)4)26(22)28-15-16-29(17-28)27-24(20(5)6)13-10-14-25(27)21(7)8;1-10-4-3-5-14-15(10)24-11(2)16(20)18(14)17(21)12-6-8-13(9-7-12)19(22)23;;;/h9-14,17-21H,15-16H2,1-8H3;1,3-9,11H,2H3;2*1H;/q;;;;+2/p-2. The van der Waals surface area contributed by atoms with Gasteiger partial charge in [0.25, 0.3) is 0 Å².